The van der Waals surface area contributed by atoms with Crippen molar-refractivity contribution in [1.29, 1.82) is 0 Å². The molecular formula is C13H19ClO. The first kappa shape index (κ1) is 12.5. The number of hydrogen-bond acceptors (Lipinski definition) is 1. The molecule has 0 aromatic heterocycles. The fourth-order valence-electron chi connectivity index (χ4n) is 1.65. The lowest BCUT2D eigenvalue weighted by Crippen LogP contribution is -2.10. The molecule has 1 aromatic rings. The van der Waals surface area contributed by atoms with Crippen molar-refractivity contribution in [2.45, 2.75) is 40.2 Å². The Kier molecular flexibility index (Phi) is 4.18. The molecule has 0 saturated carbocycles. The first-order chi connectivity index (χ1) is 6.97. The van der Waals surface area contributed by atoms with Gasteiger partial charge in [-0.2, -0.15) is 0 Å². The van der Waals surface area contributed by atoms with Crippen LogP contribution < -0.4 is 0 Å². The van der Waals surface area contributed by atoms with Gasteiger partial charge in [-0.15, -0.1) is 0 Å². The molecule has 2 atom stereocenters. The standard InChI is InChI=1S/C13H19ClO/c1-5-8(2)13(15)11-6-10(4)12(14)7-9(11)3/h6-8,13,15H,5H2,1-4H3. The van der Waals surface area contributed by atoms with E-state index in [-0.39, 0.29) is 12.0 Å². The van der Waals surface area contributed by atoms with E-state index < -0.39 is 0 Å². The Balaban J connectivity index is 3.09. The zero-order valence-electron chi connectivity index (χ0n) is 9.84. The summed E-state index contributed by atoms with van der Waals surface area (Å²) in [5.41, 5.74) is 3.10. The third-order valence-electron chi connectivity index (χ3n) is 3.05. The van der Waals surface area contributed by atoms with Crippen LogP contribution in [-0.2, 0) is 0 Å². The van der Waals surface area contributed by atoms with E-state index in [2.05, 4.69) is 13.8 Å². The molecule has 0 aliphatic heterocycles. The SMILES string of the molecule is CCC(C)C(O)c1cc(C)c(Cl)cc1C. The van der Waals surface area contributed by atoms with Crippen LogP contribution in [-0.4, -0.2) is 5.11 Å². The van der Waals surface area contributed by atoms with Gasteiger partial charge in [0.05, 0.1) is 6.10 Å². The minimum Gasteiger partial charge on any atom is -0.388 e. The molecule has 0 heterocycles. The van der Waals surface area contributed by atoms with Gasteiger partial charge >= 0.3 is 0 Å². The average Bonchev–Trinajstić information content (AvgIpc) is 2.21. The summed E-state index contributed by atoms with van der Waals surface area (Å²) in [4.78, 5) is 0. The van der Waals surface area contributed by atoms with Crippen molar-refractivity contribution < 1.29 is 5.11 Å². The van der Waals surface area contributed by atoms with Crippen molar-refractivity contribution in [2.24, 2.45) is 5.92 Å². The van der Waals surface area contributed by atoms with Crippen molar-refractivity contribution >= 4 is 11.6 Å². The van der Waals surface area contributed by atoms with Crippen molar-refractivity contribution in [3.8, 4) is 0 Å². The number of halogens is 1. The molecule has 0 amide bonds. The number of rotatable bonds is 3. The Labute approximate surface area is 97.1 Å². The van der Waals surface area contributed by atoms with Gasteiger partial charge in [-0.05, 0) is 42.5 Å². The maximum absolute atomic E-state index is 10.1. The van der Waals surface area contributed by atoms with E-state index in [0.29, 0.717) is 0 Å². The summed E-state index contributed by atoms with van der Waals surface area (Å²) in [7, 11) is 0. The number of benzene rings is 1. The second-order valence-corrected chi connectivity index (χ2v) is 4.70. The summed E-state index contributed by atoms with van der Waals surface area (Å²) in [6.45, 7) is 8.11. The van der Waals surface area contributed by atoms with Crippen LogP contribution in [0.15, 0.2) is 12.1 Å². The summed E-state index contributed by atoms with van der Waals surface area (Å²) >= 11 is 6.02. The van der Waals surface area contributed by atoms with Crippen LogP contribution in [0.4, 0.5) is 0 Å². The molecule has 2 heteroatoms. The zero-order valence-corrected chi connectivity index (χ0v) is 10.6. The fourth-order valence-corrected chi connectivity index (χ4v) is 1.87. The third-order valence-corrected chi connectivity index (χ3v) is 3.46. The molecule has 0 bridgehead atoms. The molecule has 2 unspecified atom stereocenters. The minimum atomic E-state index is -0.383. The summed E-state index contributed by atoms with van der Waals surface area (Å²) in [6, 6.07) is 3.92. The summed E-state index contributed by atoms with van der Waals surface area (Å²) in [6.07, 6.45) is 0.591. The molecule has 15 heavy (non-hydrogen) atoms. The largest absolute Gasteiger partial charge is 0.388 e. The Bertz CT molecular complexity index is 347. The number of aliphatic hydroxyl groups is 1. The third kappa shape index (κ3) is 2.73. The molecule has 0 aliphatic carbocycles. The van der Waals surface area contributed by atoms with E-state index in [1.54, 1.807) is 0 Å². The van der Waals surface area contributed by atoms with Gasteiger partial charge in [-0.3, -0.25) is 0 Å². The molecule has 1 N–H and O–H groups in total. The monoisotopic (exact) mass is 226 g/mol. The first-order valence-corrected chi connectivity index (χ1v) is 5.79. The molecule has 84 valence electrons. The topological polar surface area (TPSA) is 20.2 Å². The maximum atomic E-state index is 10.1. The normalized spacial score (nSPS) is 15.1. The van der Waals surface area contributed by atoms with Crippen LogP contribution >= 0.6 is 11.6 Å². The predicted molar refractivity (Wildman–Crippen MR) is 65.3 cm³/mol. The van der Waals surface area contributed by atoms with Crippen molar-refractivity contribution in [2.75, 3.05) is 0 Å². The van der Waals surface area contributed by atoms with Gasteiger partial charge in [0, 0.05) is 5.02 Å². The quantitative estimate of drug-likeness (QED) is 0.825. The summed E-state index contributed by atoms with van der Waals surface area (Å²) < 4.78 is 0. The van der Waals surface area contributed by atoms with Crippen LogP contribution in [0, 0.1) is 19.8 Å². The lowest BCUT2D eigenvalue weighted by atomic mass is 9.91. The van der Waals surface area contributed by atoms with Crippen molar-refractivity contribution in [1.82, 2.24) is 0 Å². The molecule has 0 radical (unpaired) electrons. The average molecular weight is 227 g/mol. The molecule has 1 aromatic carbocycles. The van der Waals surface area contributed by atoms with Crippen LogP contribution in [0.3, 0.4) is 0 Å². The minimum absolute atomic E-state index is 0.282. The number of aryl methyl sites for hydroxylation is 2. The van der Waals surface area contributed by atoms with E-state index >= 15 is 0 Å². The van der Waals surface area contributed by atoms with Gasteiger partial charge in [0.15, 0.2) is 0 Å². The number of hydrogen-bond donors (Lipinski definition) is 1. The van der Waals surface area contributed by atoms with Crippen LogP contribution in [0.25, 0.3) is 0 Å². The smallest absolute Gasteiger partial charge is 0.0818 e. The van der Waals surface area contributed by atoms with Gasteiger partial charge in [0.2, 0.25) is 0 Å². The Morgan fingerprint density at radius 1 is 1.27 bits per heavy atom. The van der Waals surface area contributed by atoms with E-state index in [0.717, 1.165) is 28.1 Å². The molecule has 0 aliphatic rings. The van der Waals surface area contributed by atoms with Gasteiger partial charge in [-0.25, -0.2) is 0 Å². The summed E-state index contributed by atoms with van der Waals surface area (Å²) in [5, 5.41) is 10.9. The van der Waals surface area contributed by atoms with Gasteiger partial charge in [0.25, 0.3) is 0 Å². The van der Waals surface area contributed by atoms with E-state index in [9.17, 15) is 5.11 Å². The van der Waals surface area contributed by atoms with Crippen molar-refractivity contribution in [3.63, 3.8) is 0 Å². The van der Waals surface area contributed by atoms with E-state index in [4.69, 9.17) is 11.6 Å². The molecule has 0 fully saturated rings. The first-order valence-electron chi connectivity index (χ1n) is 5.42. The van der Waals surface area contributed by atoms with Gasteiger partial charge in [-0.1, -0.05) is 37.9 Å². The Hall–Kier alpha value is -0.530. The van der Waals surface area contributed by atoms with E-state index in [1.807, 2.05) is 26.0 Å². The lowest BCUT2D eigenvalue weighted by Gasteiger charge is -2.20. The van der Waals surface area contributed by atoms with Crippen LogP contribution in [0.5, 0.6) is 0 Å². The van der Waals surface area contributed by atoms with Gasteiger partial charge < -0.3 is 5.11 Å². The highest BCUT2D eigenvalue weighted by Crippen LogP contribution is 2.30. The Morgan fingerprint density at radius 3 is 2.40 bits per heavy atom. The highest BCUT2D eigenvalue weighted by atomic mass is 35.5. The molecule has 1 nitrogen and oxygen atoms in total. The zero-order chi connectivity index (χ0) is 11.6. The van der Waals surface area contributed by atoms with Gasteiger partial charge in [0.1, 0.15) is 0 Å². The predicted octanol–water partition coefficient (Wildman–Crippen LogP) is 4.04. The molecule has 0 spiro atoms. The van der Waals surface area contributed by atoms with Crippen molar-refractivity contribution in [3.05, 3.63) is 33.8 Å². The van der Waals surface area contributed by atoms with Crippen LogP contribution in [0.1, 0.15) is 43.1 Å². The molecular weight excluding hydrogens is 208 g/mol. The summed E-state index contributed by atoms with van der Waals surface area (Å²) in [5.74, 6) is 0.282. The maximum Gasteiger partial charge on any atom is 0.0818 e. The van der Waals surface area contributed by atoms with Crippen LogP contribution in [0.2, 0.25) is 5.02 Å². The molecule has 1 rings (SSSR count). The lowest BCUT2D eigenvalue weighted by molar-refractivity contribution is 0.115. The number of aliphatic hydroxyl groups excluding tert-OH is 1. The highest BCUT2D eigenvalue weighted by molar-refractivity contribution is 6.31. The van der Waals surface area contributed by atoms with E-state index in [1.165, 1.54) is 0 Å². The second-order valence-electron chi connectivity index (χ2n) is 4.29. The second kappa shape index (κ2) is 5.00. The fraction of sp³-hybridized carbons (Fsp3) is 0.538. The highest BCUT2D eigenvalue weighted by Gasteiger charge is 2.17. The molecule has 0 saturated heterocycles. The Morgan fingerprint density at radius 2 is 1.87 bits per heavy atom.